The summed E-state index contributed by atoms with van der Waals surface area (Å²) in [5.74, 6) is 0.954. The average Bonchev–Trinajstić information content (AvgIpc) is 2.96. The molecule has 0 radical (unpaired) electrons. The minimum Gasteiger partial charge on any atom is -0.377 e. The number of pyridine rings is 1. The van der Waals surface area contributed by atoms with Crippen LogP contribution < -0.4 is 0 Å². The summed E-state index contributed by atoms with van der Waals surface area (Å²) in [4.78, 5) is 4.08. The molecule has 0 N–H and O–H groups in total. The van der Waals surface area contributed by atoms with E-state index in [2.05, 4.69) is 20.9 Å². The van der Waals surface area contributed by atoms with Gasteiger partial charge in [0.25, 0.3) is 0 Å². The fraction of sp³-hybridized carbons (Fsp3) is 0.545. The topological polar surface area (TPSA) is 22.1 Å². The molecule has 0 saturated heterocycles. The minimum absolute atomic E-state index is 0.680. The summed E-state index contributed by atoms with van der Waals surface area (Å²) in [5.41, 5.74) is 1.13. The van der Waals surface area contributed by atoms with Gasteiger partial charge in [-0.3, -0.25) is 4.98 Å². The van der Waals surface area contributed by atoms with Crippen LogP contribution in [0.3, 0.4) is 0 Å². The molecule has 0 spiro atoms. The van der Waals surface area contributed by atoms with Crippen molar-refractivity contribution in [2.75, 3.05) is 6.61 Å². The van der Waals surface area contributed by atoms with Crippen LogP contribution in [-0.4, -0.2) is 11.6 Å². The van der Waals surface area contributed by atoms with Crippen LogP contribution in [0.15, 0.2) is 22.9 Å². The molecule has 1 saturated carbocycles. The quantitative estimate of drug-likeness (QED) is 0.755. The van der Waals surface area contributed by atoms with Crippen molar-refractivity contribution in [2.45, 2.75) is 25.9 Å². The lowest BCUT2D eigenvalue weighted by Gasteiger charge is -2.03. The average molecular weight is 256 g/mol. The van der Waals surface area contributed by atoms with E-state index >= 15 is 0 Å². The summed E-state index contributed by atoms with van der Waals surface area (Å²) in [5, 5.41) is 0. The van der Waals surface area contributed by atoms with Crippen LogP contribution in [0.25, 0.3) is 0 Å². The smallest absolute Gasteiger partial charge is 0.0732 e. The zero-order chi connectivity index (χ0) is 9.80. The standard InChI is InChI=1S/C11H14BrNO/c12-11-5-10(6-13-7-11)8-14-4-3-9-1-2-9/h5-7,9H,1-4,8H2. The monoisotopic (exact) mass is 255 g/mol. The molecule has 1 heterocycles. The van der Waals surface area contributed by atoms with E-state index in [4.69, 9.17) is 4.74 Å². The fourth-order valence-corrected chi connectivity index (χ4v) is 1.79. The SMILES string of the molecule is Brc1cncc(COCCC2CC2)c1. The second-order valence-corrected chi connectivity index (χ2v) is 4.71. The Morgan fingerprint density at radius 3 is 3.00 bits per heavy atom. The van der Waals surface area contributed by atoms with Crippen molar-refractivity contribution in [1.29, 1.82) is 0 Å². The van der Waals surface area contributed by atoms with Gasteiger partial charge in [0.2, 0.25) is 0 Å². The molecule has 2 nitrogen and oxygen atoms in total. The van der Waals surface area contributed by atoms with E-state index in [9.17, 15) is 0 Å². The molecule has 0 unspecified atom stereocenters. The largest absolute Gasteiger partial charge is 0.377 e. The highest BCUT2D eigenvalue weighted by atomic mass is 79.9. The summed E-state index contributed by atoms with van der Waals surface area (Å²) in [6.45, 7) is 1.57. The summed E-state index contributed by atoms with van der Waals surface area (Å²) in [6, 6.07) is 2.05. The Labute approximate surface area is 92.8 Å². The van der Waals surface area contributed by atoms with Gasteiger partial charge in [-0.15, -0.1) is 0 Å². The van der Waals surface area contributed by atoms with E-state index in [1.165, 1.54) is 19.3 Å². The van der Waals surface area contributed by atoms with Crippen LogP contribution in [0.2, 0.25) is 0 Å². The molecule has 14 heavy (non-hydrogen) atoms. The highest BCUT2D eigenvalue weighted by Crippen LogP contribution is 2.32. The van der Waals surface area contributed by atoms with Crippen LogP contribution in [0.5, 0.6) is 0 Å². The normalized spacial score (nSPS) is 15.8. The minimum atomic E-state index is 0.680. The maximum atomic E-state index is 5.56. The number of ether oxygens (including phenoxy) is 1. The van der Waals surface area contributed by atoms with Crippen LogP contribution >= 0.6 is 15.9 Å². The molecule has 0 amide bonds. The molecule has 0 aliphatic heterocycles. The van der Waals surface area contributed by atoms with E-state index in [0.717, 1.165) is 22.6 Å². The summed E-state index contributed by atoms with van der Waals surface area (Å²) in [6.07, 6.45) is 7.67. The van der Waals surface area contributed by atoms with Gasteiger partial charge < -0.3 is 4.74 Å². The molecule has 1 aromatic rings. The van der Waals surface area contributed by atoms with Crippen LogP contribution in [0.1, 0.15) is 24.8 Å². The molecule has 1 aliphatic rings. The van der Waals surface area contributed by atoms with Crippen LogP contribution in [0, 0.1) is 5.92 Å². The van der Waals surface area contributed by atoms with Crippen LogP contribution in [0.4, 0.5) is 0 Å². The van der Waals surface area contributed by atoms with E-state index in [1.807, 2.05) is 12.3 Å². The molecule has 1 aliphatic carbocycles. The van der Waals surface area contributed by atoms with Gasteiger partial charge in [-0.25, -0.2) is 0 Å². The van der Waals surface area contributed by atoms with E-state index in [1.54, 1.807) is 6.20 Å². The fourth-order valence-electron chi connectivity index (χ4n) is 1.38. The molecule has 0 bridgehead atoms. The number of nitrogens with zero attached hydrogens (tertiary/aromatic N) is 1. The van der Waals surface area contributed by atoms with Gasteiger partial charge in [0.15, 0.2) is 0 Å². The predicted molar refractivity (Wildman–Crippen MR) is 58.9 cm³/mol. The number of hydrogen-bond donors (Lipinski definition) is 0. The molecular weight excluding hydrogens is 242 g/mol. The van der Waals surface area contributed by atoms with Gasteiger partial charge in [-0.2, -0.15) is 0 Å². The van der Waals surface area contributed by atoms with Crippen molar-refractivity contribution < 1.29 is 4.74 Å². The van der Waals surface area contributed by atoms with E-state index in [0.29, 0.717) is 6.61 Å². The van der Waals surface area contributed by atoms with E-state index < -0.39 is 0 Å². The van der Waals surface area contributed by atoms with Gasteiger partial charge in [0.1, 0.15) is 0 Å². The van der Waals surface area contributed by atoms with E-state index in [-0.39, 0.29) is 0 Å². The van der Waals surface area contributed by atoms with Gasteiger partial charge in [-0.05, 0) is 39.9 Å². The summed E-state index contributed by atoms with van der Waals surface area (Å²) in [7, 11) is 0. The molecule has 1 aromatic heterocycles. The number of halogens is 1. The maximum absolute atomic E-state index is 5.56. The Bertz CT molecular complexity index is 299. The van der Waals surface area contributed by atoms with Gasteiger partial charge in [-0.1, -0.05) is 12.8 Å². The van der Waals surface area contributed by atoms with Crippen molar-refractivity contribution in [2.24, 2.45) is 5.92 Å². The first-order chi connectivity index (χ1) is 6.84. The number of rotatable bonds is 5. The first kappa shape index (κ1) is 10.1. The van der Waals surface area contributed by atoms with Crippen molar-refractivity contribution in [1.82, 2.24) is 4.98 Å². The maximum Gasteiger partial charge on any atom is 0.0732 e. The summed E-state index contributed by atoms with van der Waals surface area (Å²) >= 11 is 3.39. The lowest BCUT2D eigenvalue weighted by atomic mass is 10.3. The highest BCUT2D eigenvalue weighted by molar-refractivity contribution is 9.10. The summed E-state index contributed by atoms with van der Waals surface area (Å²) < 4.78 is 6.58. The lowest BCUT2D eigenvalue weighted by Crippen LogP contribution is -1.96. The zero-order valence-electron chi connectivity index (χ0n) is 8.08. The Morgan fingerprint density at radius 2 is 2.29 bits per heavy atom. The third-order valence-corrected chi connectivity index (χ3v) is 2.83. The van der Waals surface area contributed by atoms with Crippen molar-refractivity contribution in [3.05, 3.63) is 28.5 Å². The molecule has 76 valence electrons. The van der Waals surface area contributed by atoms with Gasteiger partial charge in [0, 0.05) is 23.5 Å². The third-order valence-electron chi connectivity index (χ3n) is 2.40. The Hall–Kier alpha value is -0.410. The van der Waals surface area contributed by atoms with Gasteiger partial charge >= 0.3 is 0 Å². The Morgan fingerprint density at radius 1 is 1.43 bits per heavy atom. The molecule has 0 aromatic carbocycles. The molecule has 2 rings (SSSR count). The van der Waals surface area contributed by atoms with Gasteiger partial charge in [0.05, 0.1) is 6.61 Å². The van der Waals surface area contributed by atoms with Crippen LogP contribution in [-0.2, 0) is 11.3 Å². The number of hydrogen-bond acceptors (Lipinski definition) is 2. The molecular formula is C11H14BrNO. The van der Waals surface area contributed by atoms with Crippen molar-refractivity contribution in [3.8, 4) is 0 Å². The number of aromatic nitrogens is 1. The predicted octanol–water partition coefficient (Wildman–Crippen LogP) is 3.16. The Kier molecular flexibility index (Phi) is 3.54. The second-order valence-electron chi connectivity index (χ2n) is 3.80. The van der Waals surface area contributed by atoms with Crippen molar-refractivity contribution >= 4 is 15.9 Å². The highest BCUT2D eigenvalue weighted by Gasteiger charge is 2.20. The lowest BCUT2D eigenvalue weighted by molar-refractivity contribution is 0.115. The zero-order valence-corrected chi connectivity index (χ0v) is 9.66. The second kappa shape index (κ2) is 4.89. The Balaban J connectivity index is 1.68. The molecule has 3 heteroatoms. The third kappa shape index (κ3) is 3.39. The van der Waals surface area contributed by atoms with Crippen molar-refractivity contribution in [3.63, 3.8) is 0 Å². The molecule has 0 atom stereocenters. The first-order valence-electron chi connectivity index (χ1n) is 5.02. The molecule has 1 fully saturated rings. The first-order valence-corrected chi connectivity index (χ1v) is 5.81.